The predicted octanol–water partition coefficient (Wildman–Crippen LogP) is 0.964. The van der Waals surface area contributed by atoms with Crippen LogP contribution in [0.4, 0.5) is 4.39 Å². The number of rotatable bonds is 3. The molecule has 1 saturated heterocycles. The van der Waals surface area contributed by atoms with Crippen LogP contribution >= 0.6 is 0 Å². The Morgan fingerprint density at radius 1 is 1.30 bits per heavy atom. The van der Waals surface area contributed by atoms with E-state index >= 15 is 0 Å². The molecule has 5 nitrogen and oxygen atoms in total. The van der Waals surface area contributed by atoms with Crippen LogP contribution in [-0.2, 0) is 10.0 Å². The maximum atomic E-state index is 13.1. The van der Waals surface area contributed by atoms with E-state index in [1.807, 2.05) is 4.90 Å². The van der Waals surface area contributed by atoms with Crippen LogP contribution in [0.1, 0.15) is 5.56 Å². The second-order valence-corrected chi connectivity index (χ2v) is 6.65. The zero-order chi connectivity index (χ0) is 14.8. The first-order chi connectivity index (χ1) is 9.45. The van der Waals surface area contributed by atoms with Crippen molar-refractivity contribution < 1.29 is 12.8 Å². The third-order valence-electron chi connectivity index (χ3n) is 3.38. The largest absolute Gasteiger partial charge is 0.288 e. The molecule has 1 fully saturated rings. The van der Waals surface area contributed by atoms with Crippen molar-refractivity contribution in [2.24, 2.45) is 0 Å². The highest BCUT2D eigenvalue weighted by molar-refractivity contribution is 7.89. The number of nitriles is 1. The van der Waals surface area contributed by atoms with Gasteiger partial charge in [-0.15, -0.1) is 0 Å². The molecule has 0 saturated carbocycles. The van der Waals surface area contributed by atoms with Gasteiger partial charge >= 0.3 is 0 Å². The van der Waals surface area contributed by atoms with E-state index in [0.717, 1.165) is 6.07 Å². The van der Waals surface area contributed by atoms with Crippen molar-refractivity contribution >= 4 is 10.0 Å². The SMILES string of the molecule is Cc1cc(F)ccc1S(=O)(=O)N1CCN(CC#N)CC1. The summed E-state index contributed by atoms with van der Waals surface area (Å²) >= 11 is 0. The lowest BCUT2D eigenvalue weighted by atomic mass is 10.2. The van der Waals surface area contributed by atoms with E-state index in [1.54, 1.807) is 6.92 Å². The van der Waals surface area contributed by atoms with Crippen LogP contribution < -0.4 is 0 Å². The molecular formula is C13H16FN3O2S. The van der Waals surface area contributed by atoms with Gasteiger partial charge in [-0.05, 0) is 30.7 Å². The van der Waals surface area contributed by atoms with Crippen LogP contribution in [-0.4, -0.2) is 50.3 Å². The topological polar surface area (TPSA) is 64.4 Å². The molecule has 108 valence electrons. The third-order valence-corrected chi connectivity index (χ3v) is 5.44. The molecule has 7 heteroatoms. The highest BCUT2D eigenvalue weighted by atomic mass is 32.2. The summed E-state index contributed by atoms with van der Waals surface area (Å²) in [6, 6.07) is 5.74. The molecule has 1 aromatic carbocycles. The standard InChI is InChI=1S/C13H16FN3O2S/c1-11-10-12(14)2-3-13(11)20(18,19)17-8-6-16(5-4-15)7-9-17/h2-3,10H,5-9H2,1H3. The molecule has 0 N–H and O–H groups in total. The molecule has 0 aromatic heterocycles. The van der Waals surface area contributed by atoms with Crippen molar-refractivity contribution in [2.75, 3.05) is 32.7 Å². The maximum Gasteiger partial charge on any atom is 0.243 e. The van der Waals surface area contributed by atoms with Gasteiger partial charge in [-0.1, -0.05) is 0 Å². The average molecular weight is 297 g/mol. The highest BCUT2D eigenvalue weighted by Crippen LogP contribution is 2.21. The van der Waals surface area contributed by atoms with E-state index in [-0.39, 0.29) is 4.90 Å². The first kappa shape index (κ1) is 14.9. The minimum absolute atomic E-state index is 0.146. The lowest BCUT2D eigenvalue weighted by Crippen LogP contribution is -2.48. The van der Waals surface area contributed by atoms with Crippen molar-refractivity contribution in [3.8, 4) is 6.07 Å². The molecule has 0 radical (unpaired) electrons. The summed E-state index contributed by atoms with van der Waals surface area (Å²) in [6.07, 6.45) is 0. The van der Waals surface area contributed by atoms with E-state index in [2.05, 4.69) is 6.07 Å². The highest BCUT2D eigenvalue weighted by Gasteiger charge is 2.29. The Kier molecular flexibility index (Phi) is 4.38. The van der Waals surface area contributed by atoms with E-state index in [0.29, 0.717) is 38.3 Å². The van der Waals surface area contributed by atoms with Gasteiger partial charge in [0.15, 0.2) is 0 Å². The van der Waals surface area contributed by atoms with Crippen LogP contribution in [0.2, 0.25) is 0 Å². The zero-order valence-corrected chi connectivity index (χ0v) is 12.0. The number of piperazine rings is 1. The quantitative estimate of drug-likeness (QED) is 0.780. The Labute approximate surface area is 118 Å². The first-order valence-corrected chi connectivity index (χ1v) is 7.75. The van der Waals surface area contributed by atoms with Gasteiger partial charge in [0.2, 0.25) is 10.0 Å². The molecule has 20 heavy (non-hydrogen) atoms. The molecule has 0 bridgehead atoms. The fraction of sp³-hybridized carbons (Fsp3) is 0.462. The lowest BCUT2D eigenvalue weighted by molar-refractivity contribution is 0.206. The minimum atomic E-state index is -3.59. The van der Waals surface area contributed by atoms with Gasteiger partial charge in [0.25, 0.3) is 0 Å². The predicted molar refractivity (Wildman–Crippen MR) is 71.9 cm³/mol. The molecule has 1 aliphatic heterocycles. The van der Waals surface area contributed by atoms with E-state index < -0.39 is 15.8 Å². The molecule has 1 aliphatic rings. The Bertz CT molecular complexity index is 632. The van der Waals surface area contributed by atoms with Crippen LogP contribution in [0, 0.1) is 24.1 Å². The summed E-state index contributed by atoms with van der Waals surface area (Å²) in [5, 5.41) is 8.63. The molecule has 0 spiro atoms. The van der Waals surface area contributed by atoms with E-state index in [4.69, 9.17) is 5.26 Å². The minimum Gasteiger partial charge on any atom is -0.288 e. The molecule has 0 aliphatic carbocycles. The van der Waals surface area contributed by atoms with Crippen LogP contribution in [0.15, 0.2) is 23.1 Å². The van der Waals surface area contributed by atoms with Gasteiger partial charge in [-0.25, -0.2) is 12.8 Å². The number of benzene rings is 1. The number of sulfonamides is 1. The summed E-state index contributed by atoms with van der Waals surface area (Å²) < 4.78 is 39.5. The number of hydrogen-bond donors (Lipinski definition) is 0. The van der Waals surface area contributed by atoms with Gasteiger partial charge in [-0.2, -0.15) is 9.57 Å². The van der Waals surface area contributed by atoms with Gasteiger partial charge in [-0.3, -0.25) is 4.90 Å². The Balaban J connectivity index is 2.18. The lowest BCUT2D eigenvalue weighted by Gasteiger charge is -2.32. The van der Waals surface area contributed by atoms with E-state index in [9.17, 15) is 12.8 Å². The molecule has 0 atom stereocenters. The van der Waals surface area contributed by atoms with Crippen LogP contribution in [0.3, 0.4) is 0 Å². The van der Waals surface area contributed by atoms with E-state index in [1.165, 1.54) is 16.4 Å². The molecule has 1 aromatic rings. The fourth-order valence-electron chi connectivity index (χ4n) is 2.27. The van der Waals surface area contributed by atoms with Crippen molar-refractivity contribution in [1.82, 2.24) is 9.21 Å². The van der Waals surface area contributed by atoms with Gasteiger partial charge in [0, 0.05) is 26.2 Å². The molecule has 0 unspecified atom stereocenters. The number of nitrogens with zero attached hydrogens (tertiary/aromatic N) is 3. The number of hydrogen-bond acceptors (Lipinski definition) is 4. The zero-order valence-electron chi connectivity index (χ0n) is 11.2. The Hall–Kier alpha value is -1.49. The Morgan fingerprint density at radius 2 is 1.95 bits per heavy atom. The smallest absolute Gasteiger partial charge is 0.243 e. The summed E-state index contributed by atoms with van der Waals surface area (Å²) in [7, 11) is -3.59. The van der Waals surface area contributed by atoms with Gasteiger partial charge in [0.1, 0.15) is 5.82 Å². The number of aryl methyl sites for hydroxylation is 1. The van der Waals surface area contributed by atoms with Gasteiger partial charge in [0.05, 0.1) is 17.5 Å². The van der Waals surface area contributed by atoms with Crippen molar-refractivity contribution in [3.63, 3.8) is 0 Å². The summed E-state index contributed by atoms with van der Waals surface area (Å²) in [4.78, 5) is 2.05. The van der Waals surface area contributed by atoms with Crippen molar-refractivity contribution in [3.05, 3.63) is 29.6 Å². The molecule has 1 heterocycles. The summed E-state index contributed by atoms with van der Waals surface area (Å²) in [5.41, 5.74) is 0.407. The van der Waals surface area contributed by atoms with Crippen LogP contribution in [0.5, 0.6) is 0 Å². The van der Waals surface area contributed by atoms with Crippen LogP contribution in [0.25, 0.3) is 0 Å². The maximum absolute atomic E-state index is 13.1. The monoisotopic (exact) mass is 297 g/mol. The van der Waals surface area contributed by atoms with Crippen molar-refractivity contribution in [1.29, 1.82) is 5.26 Å². The summed E-state index contributed by atoms with van der Waals surface area (Å²) in [5.74, 6) is -0.444. The average Bonchev–Trinajstić information content (AvgIpc) is 2.39. The molecule has 2 rings (SSSR count). The summed E-state index contributed by atoms with van der Waals surface area (Å²) in [6.45, 7) is 3.66. The molecule has 0 amide bonds. The Morgan fingerprint density at radius 3 is 2.50 bits per heavy atom. The second kappa shape index (κ2) is 5.87. The van der Waals surface area contributed by atoms with Crippen molar-refractivity contribution in [2.45, 2.75) is 11.8 Å². The van der Waals surface area contributed by atoms with Gasteiger partial charge < -0.3 is 0 Å². The third kappa shape index (κ3) is 2.98. The first-order valence-electron chi connectivity index (χ1n) is 6.31. The molecular weight excluding hydrogens is 281 g/mol. The number of halogens is 1. The normalized spacial score (nSPS) is 17.9. The second-order valence-electron chi connectivity index (χ2n) is 4.75. The fourth-order valence-corrected chi connectivity index (χ4v) is 3.90.